The zero-order chi connectivity index (χ0) is 12.3. The minimum atomic E-state index is -0.0365. The number of hydrogen-bond donors (Lipinski definition) is 1. The molecular formula is C13H13ClN2O. The number of hydrogen-bond acceptors (Lipinski definition) is 3. The maximum atomic E-state index is 5.80. The monoisotopic (exact) mass is 248 g/mol. The van der Waals surface area contributed by atoms with E-state index in [1.807, 2.05) is 19.1 Å². The summed E-state index contributed by atoms with van der Waals surface area (Å²) in [5.74, 6) is 1.23. The van der Waals surface area contributed by atoms with E-state index in [4.69, 9.17) is 22.1 Å². The summed E-state index contributed by atoms with van der Waals surface area (Å²) < 4.78 is 5.60. The lowest BCUT2D eigenvalue weighted by Gasteiger charge is -2.08. The minimum absolute atomic E-state index is 0.0365. The molecule has 1 heterocycles. The van der Waals surface area contributed by atoms with Crippen molar-refractivity contribution in [3.05, 3.63) is 53.2 Å². The van der Waals surface area contributed by atoms with E-state index in [9.17, 15) is 0 Å². The minimum Gasteiger partial charge on any atom is -0.439 e. The first-order valence-electron chi connectivity index (χ1n) is 5.30. The Kier molecular flexibility index (Phi) is 3.61. The number of nitrogens with two attached hydrogens (primary N) is 1. The summed E-state index contributed by atoms with van der Waals surface area (Å²) in [6, 6.07) is 10.8. The summed E-state index contributed by atoms with van der Waals surface area (Å²) in [7, 11) is 0. The van der Waals surface area contributed by atoms with Crippen LogP contribution in [-0.4, -0.2) is 4.98 Å². The van der Waals surface area contributed by atoms with Crippen LogP contribution < -0.4 is 10.5 Å². The van der Waals surface area contributed by atoms with Crippen LogP contribution in [0.5, 0.6) is 11.6 Å². The standard InChI is InChI=1S/C13H13ClN2O/c1-9(15)10-6-7-16-13(8-10)17-12-4-2-11(14)3-5-12/h2-9H,15H2,1H3/t9-/m1/s1. The van der Waals surface area contributed by atoms with Gasteiger partial charge in [-0.25, -0.2) is 4.98 Å². The lowest BCUT2D eigenvalue weighted by Crippen LogP contribution is -2.05. The number of rotatable bonds is 3. The molecule has 2 rings (SSSR count). The third-order valence-electron chi connectivity index (χ3n) is 2.32. The van der Waals surface area contributed by atoms with Gasteiger partial charge in [0.1, 0.15) is 5.75 Å². The average molecular weight is 249 g/mol. The van der Waals surface area contributed by atoms with Gasteiger partial charge in [0.15, 0.2) is 0 Å². The first-order chi connectivity index (χ1) is 8.15. The molecule has 1 aromatic heterocycles. The highest BCUT2D eigenvalue weighted by Gasteiger charge is 2.03. The first-order valence-corrected chi connectivity index (χ1v) is 5.68. The predicted octanol–water partition coefficient (Wildman–Crippen LogP) is 3.55. The van der Waals surface area contributed by atoms with Crippen LogP contribution in [0.1, 0.15) is 18.5 Å². The Balaban J connectivity index is 2.18. The van der Waals surface area contributed by atoms with Gasteiger partial charge in [0.2, 0.25) is 5.88 Å². The first kappa shape index (κ1) is 11.9. The van der Waals surface area contributed by atoms with Gasteiger partial charge in [0.05, 0.1) is 0 Å². The number of ether oxygens (including phenoxy) is 1. The Labute approximate surface area is 105 Å². The molecule has 2 N–H and O–H groups in total. The molecule has 17 heavy (non-hydrogen) atoms. The van der Waals surface area contributed by atoms with Crippen molar-refractivity contribution >= 4 is 11.6 Å². The molecule has 4 heteroatoms. The number of aromatic nitrogens is 1. The summed E-state index contributed by atoms with van der Waals surface area (Å²) in [4.78, 5) is 4.13. The molecule has 0 fully saturated rings. The SMILES string of the molecule is C[C@@H](N)c1ccnc(Oc2ccc(Cl)cc2)c1. The second kappa shape index (κ2) is 5.17. The molecule has 1 aromatic carbocycles. The van der Waals surface area contributed by atoms with Crippen molar-refractivity contribution in [3.8, 4) is 11.6 Å². The van der Waals surface area contributed by atoms with Crippen molar-refractivity contribution in [3.63, 3.8) is 0 Å². The molecule has 3 nitrogen and oxygen atoms in total. The second-order valence-corrected chi connectivity index (χ2v) is 4.21. The van der Waals surface area contributed by atoms with Crippen LogP contribution in [0.3, 0.4) is 0 Å². The van der Waals surface area contributed by atoms with Gasteiger partial charge in [0, 0.05) is 23.3 Å². The van der Waals surface area contributed by atoms with Crippen LogP contribution in [-0.2, 0) is 0 Å². The van der Waals surface area contributed by atoms with E-state index in [1.165, 1.54) is 0 Å². The average Bonchev–Trinajstić information content (AvgIpc) is 2.32. The Morgan fingerprint density at radius 3 is 2.59 bits per heavy atom. The summed E-state index contributed by atoms with van der Waals surface area (Å²) in [6.45, 7) is 1.92. The molecule has 0 amide bonds. The second-order valence-electron chi connectivity index (χ2n) is 3.77. The molecule has 0 radical (unpaired) electrons. The van der Waals surface area contributed by atoms with Crippen molar-refractivity contribution in [2.75, 3.05) is 0 Å². The molecule has 0 spiro atoms. The van der Waals surface area contributed by atoms with Crippen LogP contribution in [0, 0.1) is 0 Å². The highest BCUT2D eigenvalue weighted by molar-refractivity contribution is 6.30. The Hall–Kier alpha value is -1.58. The third kappa shape index (κ3) is 3.19. The molecule has 0 aliphatic carbocycles. The third-order valence-corrected chi connectivity index (χ3v) is 2.57. The fourth-order valence-electron chi connectivity index (χ4n) is 1.39. The van der Waals surface area contributed by atoms with Crippen LogP contribution >= 0.6 is 11.6 Å². The number of pyridine rings is 1. The van der Waals surface area contributed by atoms with Crippen LogP contribution in [0.15, 0.2) is 42.6 Å². The van der Waals surface area contributed by atoms with Gasteiger partial charge >= 0.3 is 0 Å². The van der Waals surface area contributed by atoms with Crippen molar-refractivity contribution in [1.82, 2.24) is 4.98 Å². The Bertz CT molecular complexity index is 497. The van der Waals surface area contributed by atoms with Crippen molar-refractivity contribution in [2.45, 2.75) is 13.0 Å². The van der Waals surface area contributed by atoms with E-state index in [1.54, 1.807) is 30.5 Å². The highest BCUT2D eigenvalue weighted by atomic mass is 35.5. The Morgan fingerprint density at radius 2 is 1.94 bits per heavy atom. The fraction of sp³-hybridized carbons (Fsp3) is 0.154. The Morgan fingerprint density at radius 1 is 1.24 bits per heavy atom. The normalized spacial score (nSPS) is 12.2. The van der Waals surface area contributed by atoms with Crippen LogP contribution in [0.4, 0.5) is 0 Å². The molecule has 1 atom stereocenters. The topological polar surface area (TPSA) is 48.1 Å². The molecule has 0 aliphatic heterocycles. The van der Waals surface area contributed by atoms with Gasteiger partial charge in [-0.3, -0.25) is 0 Å². The summed E-state index contributed by atoms with van der Waals surface area (Å²) in [5, 5.41) is 0.676. The fourth-order valence-corrected chi connectivity index (χ4v) is 1.51. The molecular weight excluding hydrogens is 236 g/mol. The maximum absolute atomic E-state index is 5.80. The van der Waals surface area contributed by atoms with E-state index in [2.05, 4.69) is 4.98 Å². The van der Waals surface area contributed by atoms with E-state index in [0.29, 0.717) is 16.7 Å². The highest BCUT2D eigenvalue weighted by Crippen LogP contribution is 2.23. The van der Waals surface area contributed by atoms with E-state index < -0.39 is 0 Å². The summed E-state index contributed by atoms with van der Waals surface area (Å²) in [5.41, 5.74) is 6.78. The van der Waals surface area contributed by atoms with Gasteiger partial charge in [0.25, 0.3) is 0 Å². The lowest BCUT2D eigenvalue weighted by atomic mass is 10.1. The van der Waals surface area contributed by atoms with Gasteiger partial charge in [-0.1, -0.05) is 11.6 Å². The summed E-state index contributed by atoms with van der Waals surface area (Å²) in [6.07, 6.45) is 1.68. The van der Waals surface area contributed by atoms with Crippen LogP contribution in [0.2, 0.25) is 5.02 Å². The van der Waals surface area contributed by atoms with Gasteiger partial charge in [-0.05, 0) is 42.8 Å². The van der Waals surface area contributed by atoms with Crippen LogP contribution in [0.25, 0.3) is 0 Å². The van der Waals surface area contributed by atoms with E-state index >= 15 is 0 Å². The summed E-state index contributed by atoms with van der Waals surface area (Å²) >= 11 is 5.79. The quantitative estimate of drug-likeness (QED) is 0.904. The number of benzene rings is 1. The molecule has 0 saturated carbocycles. The predicted molar refractivity (Wildman–Crippen MR) is 68.4 cm³/mol. The number of halogens is 1. The van der Waals surface area contributed by atoms with E-state index in [-0.39, 0.29) is 6.04 Å². The van der Waals surface area contributed by atoms with Gasteiger partial charge in [-0.15, -0.1) is 0 Å². The molecule has 0 unspecified atom stereocenters. The molecule has 0 bridgehead atoms. The maximum Gasteiger partial charge on any atom is 0.219 e. The molecule has 0 saturated heterocycles. The lowest BCUT2D eigenvalue weighted by molar-refractivity contribution is 0.461. The zero-order valence-corrected chi connectivity index (χ0v) is 10.2. The van der Waals surface area contributed by atoms with Gasteiger partial charge < -0.3 is 10.5 Å². The molecule has 88 valence electrons. The smallest absolute Gasteiger partial charge is 0.219 e. The van der Waals surface area contributed by atoms with Crippen molar-refractivity contribution in [2.24, 2.45) is 5.73 Å². The molecule has 0 aliphatic rings. The van der Waals surface area contributed by atoms with E-state index in [0.717, 1.165) is 5.56 Å². The van der Waals surface area contributed by atoms with Gasteiger partial charge in [-0.2, -0.15) is 0 Å². The van der Waals surface area contributed by atoms with Crippen molar-refractivity contribution < 1.29 is 4.74 Å². The number of nitrogens with zero attached hydrogens (tertiary/aromatic N) is 1. The molecule has 2 aromatic rings. The largest absolute Gasteiger partial charge is 0.439 e. The zero-order valence-electron chi connectivity index (χ0n) is 9.43. The van der Waals surface area contributed by atoms with Crippen molar-refractivity contribution in [1.29, 1.82) is 0 Å².